The van der Waals surface area contributed by atoms with E-state index >= 15 is 0 Å². The van der Waals surface area contributed by atoms with Crippen LogP contribution in [0.15, 0.2) is 42.5 Å². The molecule has 0 spiro atoms. The Labute approximate surface area is 163 Å². The Morgan fingerprint density at radius 2 is 1.45 bits per heavy atom. The number of hydrogen-bond acceptors (Lipinski definition) is 2. The second-order valence-electron chi connectivity index (χ2n) is 4.80. The zero-order valence-electron chi connectivity index (χ0n) is 11.4. The van der Waals surface area contributed by atoms with Crippen molar-refractivity contribution in [1.82, 2.24) is 0 Å². The number of benzene rings is 2. The van der Waals surface area contributed by atoms with E-state index in [2.05, 4.69) is 0 Å². The van der Waals surface area contributed by atoms with Crippen molar-refractivity contribution in [3.05, 3.63) is 64.7 Å². The molecule has 2 aromatic rings. The Bertz CT molecular complexity index is 628. The number of hydrogen-bond donors (Lipinski definition) is 0. The number of rotatable bonds is 3. The topological polar surface area (TPSA) is 34.1 Å². The van der Waals surface area contributed by atoms with Crippen molar-refractivity contribution >= 4 is 70.0 Å². The predicted molar refractivity (Wildman–Crippen MR) is 87.2 cm³/mol. The summed E-state index contributed by atoms with van der Waals surface area (Å²) in [5.41, 5.74) is 3.28. The van der Waals surface area contributed by atoms with E-state index in [-0.39, 0.29) is 56.9 Å². The normalized spacial score (nSPS) is 11.6. The molecular weight excluding hydrogens is 294 g/mol. The molecule has 0 saturated heterocycles. The van der Waals surface area contributed by atoms with E-state index in [9.17, 15) is 9.36 Å². The van der Waals surface area contributed by atoms with Gasteiger partial charge in [-0.1, -0.05) is 48.0 Å². The molecular formula is C16H18KO2P. The van der Waals surface area contributed by atoms with E-state index in [0.717, 1.165) is 16.7 Å². The Balaban J connectivity index is 0.00000200. The fraction of sp³-hybridized carbons (Fsp3) is 0.188. The van der Waals surface area contributed by atoms with Gasteiger partial charge in [-0.15, -0.1) is 0 Å². The molecule has 0 fully saturated rings. The van der Waals surface area contributed by atoms with E-state index in [1.807, 2.05) is 39.0 Å². The predicted octanol–water partition coefficient (Wildman–Crippen LogP) is 2.99. The first-order chi connectivity index (χ1) is 9.00. The molecule has 2 aromatic carbocycles. The van der Waals surface area contributed by atoms with E-state index < -0.39 is 7.80 Å². The summed E-state index contributed by atoms with van der Waals surface area (Å²) in [5.74, 6) is 0. The summed E-state index contributed by atoms with van der Waals surface area (Å²) < 4.78 is 12.4. The maximum atomic E-state index is 12.4. The standard InChI is InChI=1S/C16H17O2P.K.H/c1-11-9-12(2)15(13(3)10-11)16(17)19(18)14-7-5-4-6-8-14;;/h4-10,19H,1-3H3;;. The van der Waals surface area contributed by atoms with Gasteiger partial charge in [0.1, 0.15) is 0 Å². The number of carbonyl (C=O) groups excluding carboxylic acids is 1. The summed E-state index contributed by atoms with van der Waals surface area (Å²) >= 11 is 0. The van der Waals surface area contributed by atoms with Gasteiger partial charge in [0.05, 0.1) is 0 Å². The van der Waals surface area contributed by atoms with Gasteiger partial charge < -0.3 is 4.57 Å². The Kier molecular flexibility index (Phi) is 7.06. The summed E-state index contributed by atoms with van der Waals surface area (Å²) in [6, 6.07) is 12.9. The van der Waals surface area contributed by atoms with E-state index in [1.165, 1.54) is 0 Å². The molecule has 0 aromatic heterocycles. The molecule has 0 aliphatic carbocycles. The van der Waals surface area contributed by atoms with Crippen molar-refractivity contribution in [3.63, 3.8) is 0 Å². The van der Waals surface area contributed by atoms with Crippen LogP contribution in [-0.2, 0) is 4.57 Å². The summed E-state index contributed by atoms with van der Waals surface area (Å²) in [6.45, 7) is 5.79. The van der Waals surface area contributed by atoms with Crippen LogP contribution in [0.5, 0.6) is 0 Å². The van der Waals surface area contributed by atoms with Crippen molar-refractivity contribution in [1.29, 1.82) is 0 Å². The number of aryl methyl sites for hydroxylation is 3. The fourth-order valence-electron chi connectivity index (χ4n) is 2.37. The van der Waals surface area contributed by atoms with Crippen LogP contribution >= 0.6 is 7.80 Å². The Morgan fingerprint density at radius 3 is 1.95 bits per heavy atom. The molecule has 0 N–H and O–H groups in total. The second-order valence-corrected chi connectivity index (χ2v) is 6.49. The van der Waals surface area contributed by atoms with Crippen LogP contribution in [-0.4, -0.2) is 56.9 Å². The molecule has 20 heavy (non-hydrogen) atoms. The average Bonchev–Trinajstić information content (AvgIpc) is 2.37. The first-order valence-corrected chi connectivity index (χ1v) is 7.63. The van der Waals surface area contributed by atoms with Gasteiger partial charge in [-0.2, -0.15) is 0 Å². The van der Waals surface area contributed by atoms with Crippen molar-refractivity contribution < 1.29 is 9.36 Å². The zero-order valence-corrected chi connectivity index (χ0v) is 12.4. The quantitative estimate of drug-likeness (QED) is 0.645. The van der Waals surface area contributed by atoms with Crippen LogP contribution in [0.2, 0.25) is 0 Å². The van der Waals surface area contributed by atoms with E-state index in [4.69, 9.17) is 0 Å². The van der Waals surface area contributed by atoms with Gasteiger partial charge in [0, 0.05) is 10.9 Å². The van der Waals surface area contributed by atoms with Crippen LogP contribution in [0.3, 0.4) is 0 Å². The van der Waals surface area contributed by atoms with E-state index in [0.29, 0.717) is 10.9 Å². The third kappa shape index (κ3) is 4.00. The molecule has 0 radical (unpaired) electrons. The Hall–Kier alpha value is -0.0236. The minimum absolute atomic E-state index is 0. The second kappa shape index (κ2) is 7.83. The minimum atomic E-state index is -2.44. The third-order valence-corrected chi connectivity index (χ3v) is 4.67. The van der Waals surface area contributed by atoms with Gasteiger partial charge in [0.15, 0.2) is 7.80 Å². The van der Waals surface area contributed by atoms with Gasteiger partial charge in [0.25, 0.3) is 0 Å². The SMILES string of the molecule is Cc1cc(C)c(C(=O)[PH](=O)c2ccccc2)c(C)c1.[KH]. The summed E-state index contributed by atoms with van der Waals surface area (Å²) in [7, 11) is -2.44. The Morgan fingerprint density at radius 1 is 0.950 bits per heavy atom. The molecule has 0 heterocycles. The third-order valence-electron chi connectivity index (χ3n) is 3.15. The summed E-state index contributed by atoms with van der Waals surface area (Å²) in [5, 5.41) is 0.622. The molecule has 2 rings (SSSR count). The van der Waals surface area contributed by atoms with Gasteiger partial charge in [-0.25, -0.2) is 0 Å². The van der Waals surface area contributed by atoms with Crippen LogP contribution < -0.4 is 5.30 Å². The van der Waals surface area contributed by atoms with Crippen LogP contribution in [0.1, 0.15) is 27.0 Å². The first kappa shape index (κ1) is 18.0. The fourth-order valence-corrected chi connectivity index (χ4v) is 3.75. The van der Waals surface area contributed by atoms with Crippen molar-refractivity contribution in [2.75, 3.05) is 0 Å². The molecule has 1 atom stereocenters. The van der Waals surface area contributed by atoms with Crippen LogP contribution in [0, 0.1) is 20.8 Å². The molecule has 100 valence electrons. The van der Waals surface area contributed by atoms with Crippen LogP contribution in [0.4, 0.5) is 0 Å². The molecule has 0 bridgehead atoms. The molecule has 0 amide bonds. The number of carbonyl (C=O) groups is 1. The van der Waals surface area contributed by atoms with Gasteiger partial charge in [-0.05, 0) is 31.9 Å². The molecule has 4 heteroatoms. The molecule has 0 aliphatic rings. The molecule has 2 nitrogen and oxygen atoms in total. The summed E-state index contributed by atoms with van der Waals surface area (Å²) in [4.78, 5) is 12.4. The average molecular weight is 312 g/mol. The van der Waals surface area contributed by atoms with Gasteiger partial charge >= 0.3 is 51.4 Å². The monoisotopic (exact) mass is 312 g/mol. The van der Waals surface area contributed by atoms with Gasteiger partial charge in [0.2, 0.25) is 5.52 Å². The maximum absolute atomic E-state index is 12.4. The van der Waals surface area contributed by atoms with Crippen molar-refractivity contribution in [3.8, 4) is 0 Å². The van der Waals surface area contributed by atoms with E-state index in [1.54, 1.807) is 24.3 Å². The van der Waals surface area contributed by atoms with Crippen LogP contribution in [0.25, 0.3) is 0 Å². The summed E-state index contributed by atoms with van der Waals surface area (Å²) in [6.07, 6.45) is 0. The van der Waals surface area contributed by atoms with Crippen molar-refractivity contribution in [2.24, 2.45) is 0 Å². The van der Waals surface area contributed by atoms with Crippen molar-refractivity contribution in [2.45, 2.75) is 20.8 Å². The zero-order chi connectivity index (χ0) is 14.0. The molecule has 0 aliphatic heterocycles. The first-order valence-electron chi connectivity index (χ1n) is 6.22. The molecule has 1 unspecified atom stereocenters. The van der Waals surface area contributed by atoms with Gasteiger partial charge in [-0.3, -0.25) is 4.79 Å². The molecule has 0 saturated carbocycles.